The fourth-order valence-corrected chi connectivity index (χ4v) is 5.58. The number of amides is 4. The standard InChI is InChI=1S/C16H22N2O2.C10H13N3O2.C2H2F3NO/c1-11(20-12-5-4-6-17-8-12)7-15(19)18-9-13-14(10-18)16(13,2)3;11-5-8(12-6-14)3-7-4-10(1-2-10)13-9(7)15;3-2(4,5)1(6)7/h4-6,8,11,13-14H,7,9-10H2,1-3H3;6-8H,1-4H2,(H,12,14)(H,13,15);(H2,6,7)/t11-,13?,14?;;/m1../s1. The molecule has 230 valence electrons. The molecule has 0 aromatic carbocycles. The number of pyridine rings is 1. The van der Waals surface area contributed by atoms with E-state index in [1.54, 1.807) is 12.4 Å². The predicted octanol–water partition coefficient (Wildman–Crippen LogP) is 2.07. The largest absolute Gasteiger partial charge is 0.489 e. The lowest BCUT2D eigenvalue weighted by atomic mass is 9.96. The number of alkyl halides is 3. The summed E-state index contributed by atoms with van der Waals surface area (Å²) in [5, 5.41) is 14.1. The highest BCUT2D eigenvalue weighted by molar-refractivity contribution is 5.83. The molecule has 3 heterocycles. The topological polar surface area (TPSA) is 168 Å². The van der Waals surface area contributed by atoms with Crippen molar-refractivity contribution in [2.75, 3.05) is 13.1 Å². The van der Waals surface area contributed by atoms with Gasteiger partial charge in [0.25, 0.3) is 0 Å². The third-order valence-electron chi connectivity index (χ3n) is 8.38. The van der Waals surface area contributed by atoms with Crippen LogP contribution in [0.4, 0.5) is 13.2 Å². The molecule has 42 heavy (non-hydrogen) atoms. The summed E-state index contributed by atoms with van der Waals surface area (Å²) in [6.07, 6.45) is 2.68. The second-order valence-corrected chi connectivity index (χ2v) is 11.9. The number of piperidine rings is 1. The van der Waals surface area contributed by atoms with Crippen molar-refractivity contribution in [1.82, 2.24) is 20.5 Å². The Morgan fingerprint density at radius 2 is 1.95 bits per heavy atom. The van der Waals surface area contributed by atoms with Crippen LogP contribution in [0.3, 0.4) is 0 Å². The van der Waals surface area contributed by atoms with Gasteiger partial charge in [-0.1, -0.05) is 13.8 Å². The van der Waals surface area contributed by atoms with E-state index in [-0.39, 0.29) is 29.4 Å². The fraction of sp³-hybridized carbons (Fsp3) is 0.643. The van der Waals surface area contributed by atoms with E-state index in [1.165, 1.54) is 0 Å². The van der Waals surface area contributed by atoms with Crippen LogP contribution in [-0.2, 0) is 19.2 Å². The molecule has 2 saturated heterocycles. The minimum Gasteiger partial charge on any atom is -0.489 e. The highest BCUT2D eigenvalue weighted by atomic mass is 19.4. The van der Waals surface area contributed by atoms with Crippen molar-refractivity contribution in [2.45, 2.75) is 76.7 Å². The molecular weight excluding hydrogens is 557 g/mol. The lowest BCUT2D eigenvalue weighted by Gasteiger charge is -2.24. The molecule has 2 saturated carbocycles. The number of aromatic nitrogens is 1. The number of nitriles is 1. The highest BCUT2D eigenvalue weighted by Gasteiger charge is 2.62. The molecule has 4 amide bonds. The predicted molar refractivity (Wildman–Crippen MR) is 143 cm³/mol. The maximum absolute atomic E-state index is 12.3. The second kappa shape index (κ2) is 13.0. The first-order valence-corrected chi connectivity index (χ1v) is 13.7. The fourth-order valence-electron chi connectivity index (χ4n) is 5.58. The number of nitrogens with zero attached hydrogens (tertiary/aromatic N) is 3. The number of likely N-dealkylation sites (tertiary alicyclic amines) is 1. The number of carbonyl (C=O) groups excluding carboxylic acids is 4. The van der Waals surface area contributed by atoms with Crippen molar-refractivity contribution in [3.8, 4) is 11.8 Å². The quantitative estimate of drug-likeness (QED) is 0.387. The number of ether oxygens (including phenoxy) is 1. The third kappa shape index (κ3) is 8.56. The Morgan fingerprint density at radius 3 is 2.40 bits per heavy atom. The summed E-state index contributed by atoms with van der Waals surface area (Å²) in [6.45, 7) is 8.40. The lowest BCUT2D eigenvalue weighted by molar-refractivity contribution is -0.169. The molecule has 4 unspecified atom stereocenters. The van der Waals surface area contributed by atoms with E-state index in [4.69, 9.17) is 14.8 Å². The van der Waals surface area contributed by atoms with Crippen LogP contribution in [-0.4, -0.2) is 71.0 Å². The molecule has 11 nitrogen and oxygen atoms in total. The number of halogens is 3. The van der Waals surface area contributed by atoms with Gasteiger partial charge in [0.1, 0.15) is 17.9 Å². The van der Waals surface area contributed by atoms with Crippen molar-refractivity contribution in [3.63, 3.8) is 0 Å². The van der Waals surface area contributed by atoms with Crippen LogP contribution < -0.4 is 21.1 Å². The maximum Gasteiger partial charge on any atom is 0.470 e. The van der Waals surface area contributed by atoms with Gasteiger partial charge in [0, 0.05) is 30.7 Å². The number of hydrogen-bond donors (Lipinski definition) is 3. The van der Waals surface area contributed by atoms with Crippen LogP contribution >= 0.6 is 0 Å². The zero-order valence-corrected chi connectivity index (χ0v) is 23.8. The van der Waals surface area contributed by atoms with E-state index >= 15 is 0 Å². The maximum atomic E-state index is 12.3. The van der Waals surface area contributed by atoms with Crippen molar-refractivity contribution >= 4 is 24.1 Å². The number of fused-ring (bicyclic) bond motifs is 1. The molecule has 5 rings (SSSR count). The average molecular weight is 595 g/mol. The highest BCUT2D eigenvalue weighted by Crippen LogP contribution is 2.62. The van der Waals surface area contributed by atoms with Crippen LogP contribution in [0.5, 0.6) is 5.75 Å². The Balaban J connectivity index is 0.000000194. The number of rotatable bonds is 8. The number of hydrogen-bond acceptors (Lipinski definition) is 7. The number of carbonyl (C=O) groups is 4. The molecule has 4 N–H and O–H groups in total. The van der Waals surface area contributed by atoms with Gasteiger partial charge in [-0.3, -0.25) is 24.2 Å². The molecule has 1 spiro atoms. The second-order valence-electron chi connectivity index (χ2n) is 11.9. The smallest absolute Gasteiger partial charge is 0.470 e. The molecule has 0 bridgehead atoms. The van der Waals surface area contributed by atoms with E-state index in [9.17, 15) is 27.6 Å². The van der Waals surface area contributed by atoms with E-state index in [0.29, 0.717) is 36.5 Å². The average Bonchev–Trinajstić information content (AvgIpc) is 3.60. The first kappa shape index (κ1) is 32.6. The molecule has 4 aliphatic rings. The van der Waals surface area contributed by atoms with Crippen molar-refractivity contribution in [3.05, 3.63) is 24.5 Å². The van der Waals surface area contributed by atoms with Crippen molar-refractivity contribution in [1.29, 1.82) is 5.26 Å². The summed E-state index contributed by atoms with van der Waals surface area (Å²) < 4.78 is 37.8. The molecule has 4 fully saturated rings. The van der Waals surface area contributed by atoms with Crippen LogP contribution in [0.1, 0.15) is 52.9 Å². The zero-order chi connectivity index (χ0) is 31.3. The lowest BCUT2D eigenvalue weighted by Crippen LogP contribution is -2.35. The van der Waals surface area contributed by atoms with Gasteiger partial charge in [0.05, 0.1) is 18.7 Å². The monoisotopic (exact) mass is 594 g/mol. The van der Waals surface area contributed by atoms with Gasteiger partial charge in [-0.15, -0.1) is 0 Å². The van der Waals surface area contributed by atoms with Gasteiger partial charge in [-0.25, -0.2) is 0 Å². The van der Waals surface area contributed by atoms with Crippen molar-refractivity contribution < 1.29 is 37.1 Å². The summed E-state index contributed by atoms with van der Waals surface area (Å²) in [4.78, 5) is 49.1. The van der Waals surface area contributed by atoms with Gasteiger partial charge in [-0.05, 0) is 62.0 Å². The van der Waals surface area contributed by atoms with Gasteiger partial charge in [0.2, 0.25) is 18.2 Å². The van der Waals surface area contributed by atoms with Crippen LogP contribution in [0.15, 0.2) is 24.5 Å². The van der Waals surface area contributed by atoms with Gasteiger partial charge < -0.3 is 26.0 Å². The van der Waals surface area contributed by atoms with E-state index in [1.807, 2.05) is 30.0 Å². The number of nitrogens with two attached hydrogens (primary N) is 1. The molecule has 14 heteroatoms. The summed E-state index contributed by atoms with van der Waals surface area (Å²) in [5.74, 6) is 0.00198. The molecule has 1 aromatic heterocycles. The SMILES string of the molecule is C[C@H](CC(=O)N1CC2C(C1)C2(C)C)Oc1cccnc1.N#CC(CC1CC2(CC2)NC1=O)NC=O.NC(=O)C(F)(F)F. The molecule has 5 atom stereocenters. The zero-order valence-electron chi connectivity index (χ0n) is 23.8. The summed E-state index contributed by atoms with van der Waals surface area (Å²) in [6, 6.07) is 5.12. The minimum absolute atomic E-state index is 0.0282. The molecule has 1 aromatic rings. The summed E-state index contributed by atoms with van der Waals surface area (Å²) in [7, 11) is 0. The number of primary amides is 1. The third-order valence-corrected chi connectivity index (χ3v) is 8.38. The van der Waals surface area contributed by atoms with Crippen LogP contribution in [0.2, 0.25) is 0 Å². The Labute approximate surface area is 242 Å². The first-order valence-electron chi connectivity index (χ1n) is 13.7. The van der Waals surface area contributed by atoms with E-state index < -0.39 is 18.1 Å². The Kier molecular flexibility index (Phi) is 10.1. The summed E-state index contributed by atoms with van der Waals surface area (Å²) in [5.41, 5.74) is 4.30. The Hall–Kier alpha value is -3.89. The van der Waals surface area contributed by atoms with Crippen molar-refractivity contribution in [2.24, 2.45) is 28.9 Å². The summed E-state index contributed by atoms with van der Waals surface area (Å²) >= 11 is 0. The van der Waals surface area contributed by atoms with Crippen LogP contribution in [0.25, 0.3) is 0 Å². The molecular formula is C28H37F3N6O5. The number of nitrogens with one attached hydrogen (secondary N) is 2. The van der Waals surface area contributed by atoms with E-state index in [0.717, 1.165) is 38.1 Å². The van der Waals surface area contributed by atoms with Gasteiger partial charge >= 0.3 is 12.1 Å². The Bertz CT molecular complexity index is 1170. The molecule has 2 aliphatic carbocycles. The molecule has 2 aliphatic heterocycles. The van der Waals surface area contributed by atoms with E-state index in [2.05, 4.69) is 35.2 Å². The first-order chi connectivity index (χ1) is 19.6. The van der Waals surface area contributed by atoms with Crippen LogP contribution in [0, 0.1) is 34.5 Å². The Morgan fingerprint density at radius 1 is 1.33 bits per heavy atom. The minimum atomic E-state index is -4.86. The normalized spacial score (nSPS) is 25.1. The van der Waals surface area contributed by atoms with Gasteiger partial charge in [0.15, 0.2) is 0 Å². The van der Waals surface area contributed by atoms with Gasteiger partial charge in [-0.2, -0.15) is 18.4 Å². The molecule has 0 radical (unpaired) electrons.